The van der Waals surface area contributed by atoms with Gasteiger partial charge in [-0.3, -0.25) is 4.79 Å². The summed E-state index contributed by atoms with van der Waals surface area (Å²) in [5.41, 5.74) is 8.20. The van der Waals surface area contributed by atoms with Crippen molar-refractivity contribution in [1.82, 2.24) is 4.90 Å². The molecule has 1 aromatic heterocycles. The predicted octanol–water partition coefficient (Wildman–Crippen LogP) is 4.08. The molecule has 0 aliphatic carbocycles. The SMILES string of the molecule is [N-]=[N+]=NCCCCC1CCN(C(=O)c2cccs2)CC1. The first kappa shape index (κ1) is 14.9. The van der Waals surface area contributed by atoms with Crippen molar-refractivity contribution < 1.29 is 4.79 Å². The molecule has 0 unspecified atom stereocenters. The summed E-state index contributed by atoms with van der Waals surface area (Å²) in [5, 5.41) is 5.50. The molecule has 1 amide bonds. The Morgan fingerprint density at radius 1 is 1.45 bits per heavy atom. The quantitative estimate of drug-likeness (QED) is 0.337. The molecule has 2 heterocycles. The van der Waals surface area contributed by atoms with E-state index in [1.165, 1.54) is 17.8 Å². The maximum atomic E-state index is 12.2. The number of unbranched alkanes of at least 4 members (excludes halogenated alkanes) is 1. The molecule has 1 aliphatic rings. The van der Waals surface area contributed by atoms with Gasteiger partial charge in [-0.05, 0) is 42.2 Å². The molecule has 0 bridgehead atoms. The zero-order valence-corrected chi connectivity index (χ0v) is 12.4. The van der Waals surface area contributed by atoms with E-state index in [0.29, 0.717) is 12.5 Å². The first-order valence-corrected chi connectivity index (χ1v) is 8.03. The van der Waals surface area contributed by atoms with Crippen molar-refractivity contribution in [3.8, 4) is 0 Å². The van der Waals surface area contributed by atoms with Gasteiger partial charge in [-0.1, -0.05) is 24.0 Å². The molecule has 0 radical (unpaired) electrons. The number of carbonyl (C=O) groups is 1. The molecule has 0 saturated carbocycles. The van der Waals surface area contributed by atoms with E-state index in [1.807, 2.05) is 22.4 Å². The van der Waals surface area contributed by atoms with Gasteiger partial charge in [0, 0.05) is 24.5 Å². The molecule has 1 aromatic rings. The van der Waals surface area contributed by atoms with Crippen molar-refractivity contribution in [1.29, 1.82) is 0 Å². The molecule has 1 fully saturated rings. The summed E-state index contributed by atoms with van der Waals surface area (Å²) in [4.78, 5) is 17.8. The standard InChI is InChI=1S/C14H20N4OS/c15-17-16-8-2-1-4-12-6-9-18(10-7-12)14(19)13-5-3-11-20-13/h3,5,11-12H,1-2,4,6-10H2. The molecule has 0 spiro atoms. The predicted molar refractivity (Wildman–Crippen MR) is 80.8 cm³/mol. The molecule has 108 valence electrons. The number of likely N-dealkylation sites (tertiary alicyclic amines) is 1. The minimum absolute atomic E-state index is 0.182. The summed E-state index contributed by atoms with van der Waals surface area (Å²) < 4.78 is 0. The molecule has 0 aromatic carbocycles. The average Bonchev–Trinajstić information content (AvgIpc) is 3.01. The smallest absolute Gasteiger partial charge is 0.263 e. The second-order valence-electron chi connectivity index (χ2n) is 5.16. The molecule has 2 rings (SSSR count). The van der Waals surface area contributed by atoms with Gasteiger partial charge in [0.05, 0.1) is 4.88 Å². The summed E-state index contributed by atoms with van der Waals surface area (Å²) in [6.07, 6.45) is 5.46. The minimum atomic E-state index is 0.182. The Bertz CT molecular complexity index is 460. The largest absolute Gasteiger partial charge is 0.338 e. The van der Waals surface area contributed by atoms with Crippen LogP contribution in [0.15, 0.2) is 22.6 Å². The van der Waals surface area contributed by atoms with E-state index >= 15 is 0 Å². The third-order valence-corrected chi connectivity index (χ3v) is 4.68. The number of rotatable bonds is 6. The normalized spacial score (nSPS) is 15.9. The number of hydrogen-bond donors (Lipinski definition) is 0. The van der Waals surface area contributed by atoms with Crippen LogP contribution in [0, 0.1) is 5.92 Å². The molecule has 1 aliphatic heterocycles. The number of azide groups is 1. The van der Waals surface area contributed by atoms with Gasteiger partial charge in [-0.25, -0.2) is 0 Å². The zero-order chi connectivity index (χ0) is 14.2. The summed E-state index contributed by atoms with van der Waals surface area (Å²) in [6, 6.07) is 3.82. The van der Waals surface area contributed by atoms with Gasteiger partial charge in [0.1, 0.15) is 0 Å². The molecule has 0 atom stereocenters. The fourth-order valence-corrected chi connectivity index (χ4v) is 3.33. The second kappa shape index (κ2) is 7.92. The van der Waals surface area contributed by atoms with E-state index in [1.54, 1.807) is 0 Å². The lowest BCUT2D eigenvalue weighted by Crippen LogP contribution is -2.38. The van der Waals surface area contributed by atoms with Crippen LogP contribution >= 0.6 is 11.3 Å². The Morgan fingerprint density at radius 2 is 2.25 bits per heavy atom. The van der Waals surface area contributed by atoms with Crippen LogP contribution in [-0.2, 0) is 0 Å². The van der Waals surface area contributed by atoms with Crippen molar-refractivity contribution in [2.24, 2.45) is 11.0 Å². The van der Waals surface area contributed by atoms with Crippen LogP contribution in [0.3, 0.4) is 0 Å². The number of piperidine rings is 1. The summed E-state index contributed by atoms with van der Waals surface area (Å²) in [7, 11) is 0. The van der Waals surface area contributed by atoms with E-state index in [9.17, 15) is 4.79 Å². The Hall–Kier alpha value is -1.52. The molecule has 0 N–H and O–H groups in total. The van der Waals surface area contributed by atoms with Crippen molar-refractivity contribution in [3.63, 3.8) is 0 Å². The fourth-order valence-electron chi connectivity index (χ4n) is 2.64. The monoisotopic (exact) mass is 292 g/mol. The van der Waals surface area contributed by atoms with Gasteiger partial charge in [-0.15, -0.1) is 11.3 Å². The molecule has 1 saturated heterocycles. The molecule has 20 heavy (non-hydrogen) atoms. The van der Waals surface area contributed by atoms with Crippen molar-refractivity contribution in [2.75, 3.05) is 19.6 Å². The highest BCUT2D eigenvalue weighted by molar-refractivity contribution is 7.12. The maximum Gasteiger partial charge on any atom is 0.263 e. The fraction of sp³-hybridized carbons (Fsp3) is 0.643. The van der Waals surface area contributed by atoms with Crippen LogP contribution in [0.1, 0.15) is 41.8 Å². The number of hydrogen-bond acceptors (Lipinski definition) is 3. The molecule has 5 nitrogen and oxygen atoms in total. The van der Waals surface area contributed by atoms with E-state index in [2.05, 4.69) is 10.0 Å². The Labute approximate surface area is 123 Å². The lowest BCUT2D eigenvalue weighted by molar-refractivity contribution is 0.0690. The van der Waals surface area contributed by atoms with Gasteiger partial charge < -0.3 is 4.90 Å². The maximum absolute atomic E-state index is 12.2. The second-order valence-corrected chi connectivity index (χ2v) is 6.11. The van der Waals surface area contributed by atoms with E-state index in [-0.39, 0.29) is 5.91 Å². The zero-order valence-electron chi connectivity index (χ0n) is 11.6. The first-order chi connectivity index (χ1) is 9.81. The third-order valence-electron chi connectivity index (χ3n) is 3.82. The lowest BCUT2D eigenvalue weighted by atomic mass is 9.91. The van der Waals surface area contributed by atoms with Gasteiger partial charge in [0.15, 0.2) is 0 Å². The van der Waals surface area contributed by atoms with Crippen LogP contribution in [0.4, 0.5) is 0 Å². The highest BCUT2D eigenvalue weighted by Gasteiger charge is 2.23. The van der Waals surface area contributed by atoms with Crippen LogP contribution in [0.2, 0.25) is 0 Å². The van der Waals surface area contributed by atoms with Crippen molar-refractivity contribution in [3.05, 3.63) is 32.8 Å². The Balaban J connectivity index is 1.67. The average molecular weight is 292 g/mol. The van der Waals surface area contributed by atoms with Crippen molar-refractivity contribution in [2.45, 2.75) is 32.1 Å². The lowest BCUT2D eigenvalue weighted by Gasteiger charge is -2.31. The van der Waals surface area contributed by atoms with Crippen LogP contribution in [-0.4, -0.2) is 30.4 Å². The summed E-state index contributed by atoms with van der Waals surface area (Å²) >= 11 is 1.52. The van der Waals surface area contributed by atoms with E-state index < -0.39 is 0 Å². The van der Waals surface area contributed by atoms with E-state index in [0.717, 1.165) is 43.6 Å². The topological polar surface area (TPSA) is 69.1 Å². The van der Waals surface area contributed by atoms with E-state index in [4.69, 9.17) is 5.53 Å². The number of amides is 1. The van der Waals surface area contributed by atoms with Crippen LogP contribution in [0.25, 0.3) is 10.4 Å². The van der Waals surface area contributed by atoms with Gasteiger partial charge in [0.25, 0.3) is 5.91 Å². The highest BCUT2D eigenvalue weighted by atomic mass is 32.1. The summed E-state index contributed by atoms with van der Waals surface area (Å²) in [5.74, 6) is 0.898. The molecule has 6 heteroatoms. The van der Waals surface area contributed by atoms with Gasteiger partial charge >= 0.3 is 0 Å². The van der Waals surface area contributed by atoms with Gasteiger partial charge in [0.2, 0.25) is 0 Å². The molecular weight excluding hydrogens is 272 g/mol. The van der Waals surface area contributed by atoms with Crippen LogP contribution in [0.5, 0.6) is 0 Å². The summed E-state index contributed by atoms with van der Waals surface area (Å²) in [6.45, 7) is 2.35. The number of thiophene rings is 1. The van der Waals surface area contributed by atoms with Crippen molar-refractivity contribution >= 4 is 17.2 Å². The Morgan fingerprint density at radius 3 is 2.90 bits per heavy atom. The highest BCUT2D eigenvalue weighted by Crippen LogP contribution is 2.24. The first-order valence-electron chi connectivity index (χ1n) is 7.15. The minimum Gasteiger partial charge on any atom is -0.338 e. The molecular formula is C14H20N4OS. The number of carbonyl (C=O) groups excluding carboxylic acids is 1. The third kappa shape index (κ3) is 4.25. The number of nitrogens with zero attached hydrogens (tertiary/aromatic N) is 4. The van der Waals surface area contributed by atoms with Crippen LogP contribution < -0.4 is 0 Å². The van der Waals surface area contributed by atoms with Gasteiger partial charge in [-0.2, -0.15) is 0 Å². The Kier molecular flexibility index (Phi) is 5.89.